The largest absolute Gasteiger partial charge is 0.369 e. The van der Waals surface area contributed by atoms with Gasteiger partial charge in [-0.3, -0.25) is 19.7 Å². The second-order valence-corrected chi connectivity index (χ2v) is 11.1. The van der Waals surface area contributed by atoms with Gasteiger partial charge in [0, 0.05) is 71.8 Å². The minimum atomic E-state index is -0.0996. The summed E-state index contributed by atoms with van der Waals surface area (Å²) in [6.07, 6.45) is 14.0. The minimum absolute atomic E-state index is 0.0357. The van der Waals surface area contributed by atoms with Gasteiger partial charge >= 0.3 is 0 Å². The van der Waals surface area contributed by atoms with E-state index in [9.17, 15) is 4.79 Å². The molecule has 5 aromatic rings. The van der Waals surface area contributed by atoms with Gasteiger partial charge in [-0.1, -0.05) is 26.8 Å². The molecule has 0 saturated heterocycles. The number of hydrogen-bond donors (Lipinski definition) is 3. The van der Waals surface area contributed by atoms with E-state index in [1.165, 1.54) is 0 Å². The van der Waals surface area contributed by atoms with Gasteiger partial charge in [0.2, 0.25) is 5.91 Å². The highest BCUT2D eigenvalue weighted by Crippen LogP contribution is 2.35. The van der Waals surface area contributed by atoms with Gasteiger partial charge in [0.15, 0.2) is 0 Å². The quantitative estimate of drug-likeness (QED) is 0.251. The summed E-state index contributed by atoms with van der Waals surface area (Å²) in [6, 6.07) is 9.83. The van der Waals surface area contributed by atoms with E-state index >= 15 is 0 Å². The van der Waals surface area contributed by atoms with Crippen LogP contribution in [-0.2, 0) is 4.79 Å². The number of H-pyrrole nitrogens is 1. The number of nitrogens with one attached hydrogen (secondary N) is 3. The first-order chi connectivity index (χ1) is 19.3. The summed E-state index contributed by atoms with van der Waals surface area (Å²) in [5.74, 6) is 1.51. The first-order valence-electron chi connectivity index (χ1n) is 13.3. The Morgan fingerprint density at radius 3 is 2.60 bits per heavy atom. The van der Waals surface area contributed by atoms with E-state index in [1.807, 2.05) is 51.2 Å². The normalized spacial score (nSPS) is 13.2. The lowest BCUT2D eigenvalue weighted by atomic mass is 9.92. The van der Waals surface area contributed by atoms with Gasteiger partial charge in [0.25, 0.3) is 0 Å². The Hall–Kier alpha value is -4.92. The molecule has 40 heavy (non-hydrogen) atoms. The number of fused-ring (bicyclic) bond motifs is 2. The fourth-order valence-electron chi connectivity index (χ4n) is 4.85. The second-order valence-electron chi connectivity index (χ2n) is 11.1. The molecule has 0 saturated carbocycles. The molecule has 5 aromatic heterocycles. The van der Waals surface area contributed by atoms with Crippen LogP contribution in [0.3, 0.4) is 0 Å². The zero-order valence-corrected chi connectivity index (χ0v) is 22.7. The van der Waals surface area contributed by atoms with Gasteiger partial charge in [-0.25, -0.2) is 9.97 Å². The van der Waals surface area contributed by atoms with E-state index in [0.717, 1.165) is 69.2 Å². The van der Waals surface area contributed by atoms with Crippen molar-refractivity contribution in [3.63, 3.8) is 0 Å². The van der Waals surface area contributed by atoms with Crippen LogP contribution in [0.25, 0.3) is 39.0 Å². The minimum Gasteiger partial charge on any atom is -0.369 e. The number of rotatable bonds is 5. The maximum Gasteiger partial charge on any atom is 0.224 e. The molecule has 6 rings (SSSR count). The van der Waals surface area contributed by atoms with Gasteiger partial charge in [0.05, 0.1) is 23.1 Å². The molecule has 0 aromatic carbocycles. The Balaban J connectivity index is 1.37. The number of nitrogens with zero attached hydrogens (tertiary/aromatic N) is 5. The summed E-state index contributed by atoms with van der Waals surface area (Å²) in [7, 11) is 0. The molecule has 0 spiro atoms. The van der Waals surface area contributed by atoms with Crippen LogP contribution in [0.1, 0.15) is 45.0 Å². The van der Waals surface area contributed by atoms with Crippen LogP contribution in [0.5, 0.6) is 0 Å². The van der Waals surface area contributed by atoms with Crippen molar-refractivity contribution in [3.8, 4) is 22.4 Å². The molecule has 9 heteroatoms. The van der Waals surface area contributed by atoms with E-state index in [4.69, 9.17) is 9.97 Å². The first kappa shape index (κ1) is 25.4. The van der Waals surface area contributed by atoms with Crippen LogP contribution in [-0.4, -0.2) is 42.4 Å². The number of anilines is 2. The lowest BCUT2D eigenvalue weighted by Crippen LogP contribution is -2.19. The maximum atomic E-state index is 12.5. The molecule has 1 aliphatic heterocycles. The first-order valence-corrected chi connectivity index (χ1v) is 13.3. The number of aromatic nitrogens is 6. The van der Waals surface area contributed by atoms with Crippen LogP contribution >= 0.6 is 0 Å². The number of amides is 1. The summed E-state index contributed by atoms with van der Waals surface area (Å²) < 4.78 is 0. The number of carbonyl (C=O) groups is 1. The Bertz CT molecular complexity index is 1730. The third kappa shape index (κ3) is 5.31. The summed E-state index contributed by atoms with van der Waals surface area (Å²) in [4.78, 5) is 38.9. The number of pyridine rings is 4. The van der Waals surface area contributed by atoms with Crippen LogP contribution in [0.2, 0.25) is 0 Å². The Morgan fingerprint density at radius 2 is 1.77 bits per heavy atom. The molecule has 0 fully saturated rings. The van der Waals surface area contributed by atoms with Crippen LogP contribution < -0.4 is 10.6 Å². The molecule has 0 atom stereocenters. The van der Waals surface area contributed by atoms with Crippen molar-refractivity contribution in [1.82, 2.24) is 29.9 Å². The summed E-state index contributed by atoms with van der Waals surface area (Å²) in [5, 5.41) is 6.42. The molecule has 0 aliphatic carbocycles. The van der Waals surface area contributed by atoms with Gasteiger partial charge < -0.3 is 15.6 Å². The molecule has 6 heterocycles. The standard InChI is InChI=1S/C31H30N8O/c1-31(2,3)15-26(40)37-22-13-20(16-33-18-22)21-14-24-23(5-4-9-35-29(24)36-17-21)30-38-25-8-12-34-27(28(25)39-30)19-6-10-32-11-7-19/h5-8,10-14,16-18H,4,9,15H2,1-3H3,(H,35,36)(H,37,40)(H,38,39). The van der Waals surface area contributed by atoms with E-state index in [1.54, 1.807) is 31.0 Å². The molecule has 0 bridgehead atoms. The fourth-order valence-corrected chi connectivity index (χ4v) is 4.85. The lowest BCUT2D eigenvalue weighted by molar-refractivity contribution is -0.117. The van der Waals surface area contributed by atoms with Gasteiger partial charge in [-0.15, -0.1) is 0 Å². The number of aromatic amines is 1. The van der Waals surface area contributed by atoms with Crippen molar-refractivity contribution >= 4 is 34.0 Å². The van der Waals surface area contributed by atoms with Crippen LogP contribution in [0, 0.1) is 5.41 Å². The Morgan fingerprint density at radius 1 is 0.950 bits per heavy atom. The van der Waals surface area contributed by atoms with Gasteiger partial charge in [-0.05, 0) is 42.2 Å². The highest BCUT2D eigenvalue weighted by Gasteiger charge is 2.20. The molecule has 0 unspecified atom stereocenters. The SMILES string of the molecule is CC(C)(C)CC(=O)Nc1cncc(-c2cnc3c(c2)C(c2nc4c(-c5ccncc5)nccc4[nH]2)=CCCN3)c1. The third-order valence-corrected chi connectivity index (χ3v) is 6.62. The van der Waals surface area contributed by atoms with E-state index in [0.29, 0.717) is 12.1 Å². The summed E-state index contributed by atoms with van der Waals surface area (Å²) >= 11 is 0. The van der Waals surface area contributed by atoms with Gasteiger partial charge in [0.1, 0.15) is 17.2 Å². The van der Waals surface area contributed by atoms with Crippen LogP contribution in [0.4, 0.5) is 11.5 Å². The third-order valence-electron chi connectivity index (χ3n) is 6.62. The number of hydrogen-bond acceptors (Lipinski definition) is 7. The average Bonchev–Trinajstić information content (AvgIpc) is 3.25. The van der Waals surface area contributed by atoms with Crippen LogP contribution in [0.15, 0.2) is 73.6 Å². The van der Waals surface area contributed by atoms with Gasteiger partial charge in [-0.2, -0.15) is 0 Å². The predicted octanol–water partition coefficient (Wildman–Crippen LogP) is 6.10. The van der Waals surface area contributed by atoms with Crippen molar-refractivity contribution < 1.29 is 4.79 Å². The lowest BCUT2D eigenvalue weighted by Gasteiger charge is -2.17. The van der Waals surface area contributed by atoms with Crippen molar-refractivity contribution in [2.75, 3.05) is 17.2 Å². The molecule has 9 nitrogen and oxygen atoms in total. The molecular weight excluding hydrogens is 500 g/mol. The molecule has 1 aliphatic rings. The topological polar surface area (TPSA) is 121 Å². The van der Waals surface area contributed by atoms with Crippen molar-refractivity contribution in [3.05, 3.63) is 85.0 Å². The molecular formula is C31H30N8O. The summed E-state index contributed by atoms with van der Waals surface area (Å²) in [5.41, 5.74) is 7.69. The molecule has 3 N–H and O–H groups in total. The zero-order valence-electron chi connectivity index (χ0n) is 22.7. The van der Waals surface area contributed by atoms with E-state index in [2.05, 4.69) is 42.7 Å². The Kier molecular flexibility index (Phi) is 6.55. The number of imidazole rings is 1. The second kappa shape index (κ2) is 10.3. The average molecular weight is 531 g/mol. The van der Waals surface area contributed by atoms with E-state index in [-0.39, 0.29) is 11.3 Å². The van der Waals surface area contributed by atoms with E-state index < -0.39 is 0 Å². The number of carbonyl (C=O) groups excluding carboxylic acids is 1. The predicted molar refractivity (Wildman–Crippen MR) is 157 cm³/mol. The molecule has 200 valence electrons. The van der Waals surface area contributed by atoms with Crippen molar-refractivity contribution in [1.29, 1.82) is 0 Å². The maximum absolute atomic E-state index is 12.5. The highest BCUT2D eigenvalue weighted by atomic mass is 16.1. The molecule has 0 radical (unpaired) electrons. The van der Waals surface area contributed by atoms with Crippen molar-refractivity contribution in [2.24, 2.45) is 5.41 Å². The van der Waals surface area contributed by atoms with Crippen molar-refractivity contribution in [2.45, 2.75) is 33.6 Å². The Labute approximate surface area is 232 Å². The molecule has 1 amide bonds. The monoisotopic (exact) mass is 530 g/mol. The summed E-state index contributed by atoms with van der Waals surface area (Å²) in [6.45, 7) is 6.89. The zero-order chi connectivity index (χ0) is 27.7. The smallest absolute Gasteiger partial charge is 0.224 e. The fraction of sp³-hybridized carbons (Fsp3) is 0.226. The highest BCUT2D eigenvalue weighted by molar-refractivity contribution is 5.94.